The van der Waals surface area contributed by atoms with E-state index in [-0.39, 0.29) is 31.9 Å². The molecule has 0 aliphatic rings. The van der Waals surface area contributed by atoms with E-state index in [1.165, 1.54) is 5.56 Å². The highest BCUT2D eigenvalue weighted by molar-refractivity contribution is 5.76. The van der Waals surface area contributed by atoms with Gasteiger partial charge >= 0.3 is 5.97 Å². The van der Waals surface area contributed by atoms with Crippen molar-refractivity contribution in [3.8, 4) is 5.75 Å². The summed E-state index contributed by atoms with van der Waals surface area (Å²) in [5, 5.41) is 20.0. The number of aliphatic hydroxyl groups is 1. The summed E-state index contributed by atoms with van der Waals surface area (Å²) in [6, 6.07) is 5.72. The maximum Gasteiger partial charge on any atom is 0.332 e. The van der Waals surface area contributed by atoms with Crippen LogP contribution >= 0.6 is 0 Å². The van der Waals surface area contributed by atoms with Crippen LogP contribution in [-0.2, 0) is 9.59 Å². The van der Waals surface area contributed by atoms with Crippen molar-refractivity contribution >= 4 is 11.9 Å². The predicted octanol–water partition coefficient (Wildman–Crippen LogP) is 1.02. The molecular weight excluding hydrogens is 274 g/mol. The van der Waals surface area contributed by atoms with Crippen LogP contribution < -0.4 is 10.1 Å². The number of aliphatic hydroxyl groups excluding tert-OH is 1. The summed E-state index contributed by atoms with van der Waals surface area (Å²) in [5.74, 6) is -0.814. The van der Waals surface area contributed by atoms with Gasteiger partial charge in [0.25, 0.3) is 0 Å². The Kier molecular flexibility index (Phi) is 6.68. The molecule has 0 saturated carbocycles. The summed E-state index contributed by atoms with van der Waals surface area (Å²) in [7, 11) is 0. The van der Waals surface area contributed by atoms with Crippen molar-refractivity contribution in [3.05, 3.63) is 29.3 Å². The van der Waals surface area contributed by atoms with E-state index in [0.29, 0.717) is 5.75 Å². The minimum absolute atomic E-state index is 0.0148. The van der Waals surface area contributed by atoms with Gasteiger partial charge in [0, 0.05) is 13.0 Å². The van der Waals surface area contributed by atoms with E-state index in [2.05, 4.69) is 5.32 Å². The quantitative estimate of drug-likeness (QED) is 0.665. The number of hydrogen-bond acceptors (Lipinski definition) is 4. The molecule has 0 aromatic heterocycles. The number of rotatable bonds is 8. The molecule has 0 bridgehead atoms. The molecule has 0 aliphatic heterocycles. The molecule has 1 aromatic carbocycles. The van der Waals surface area contributed by atoms with E-state index in [9.17, 15) is 9.59 Å². The summed E-state index contributed by atoms with van der Waals surface area (Å²) in [5.41, 5.74) is 2.30. The van der Waals surface area contributed by atoms with Crippen LogP contribution in [0.5, 0.6) is 5.75 Å². The van der Waals surface area contributed by atoms with E-state index in [4.69, 9.17) is 14.9 Å². The van der Waals surface area contributed by atoms with Crippen LogP contribution in [-0.4, -0.2) is 41.3 Å². The highest BCUT2D eigenvalue weighted by Crippen LogP contribution is 2.16. The molecule has 116 valence electrons. The molecule has 0 saturated heterocycles. The first kappa shape index (κ1) is 17.0. The van der Waals surface area contributed by atoms with E-state index < -0.39 is 12.1 Å². The van der Waals surface area contributed by atoms with Gasteiger partial charge in [-0.15, -0.1) is 0 Å². The molecule has 1 aromatic rings. The summed E-state index contributed by atoms with van der Waals surface area (Å²) < 4.78 is 5.47. The Bertz CT molecular complexity index is 501. The molecule has 1 unspecified atom stereocenters. The zero-order chi connectivity index (χ0) is 15.8. The van der Waals surface area contributed by atoms with Gasteiger partial charge in [0.2, 0.25) is 5.91 Å². The van der Waals surface area contributed by atoms with Crippen molar-refractivity contribution < 1.29 is 24.5 Å². The Balaban J connectivity index is 2.21. The molecule has 6 heteroatoms. The lowest BCUT2D eigenvalue weighted by molar-refractivity contribution is -0.147. The summed E-state index contributed by atoms with van der Waals surface area (Å²) in [6.07, 6.45) is -1.29. The smallest absolute Gasteiger partial charge is 0.332 e. The van der Waals surface area contributed by atoms with Crippen molar-refractivity contribution in [2.75, 3.05) is 13.2 Å². The number of carbonyl (C=O) groups excluding carboxylic acids is 1. The number of carbonyl (C=O) groups is 2. The molecule has 1 atom stereocenters. The van der Waals surface area contributed by atoms with E-state index in [1.807, 2.05) is 32.0 Å². The molecule has 0 spiro atoms. The van der Waals surface area contributed by atoms with Gasteiger partial charge in [-0.05, 0) is 37.1 Å². The van der Waals surface area contributed by atoms with Crippen molar-refractivity contribution in [1.29, 1.82) is 0 Å². The Morgan fingerprint density at radius 3 is 2.62 bits per heavy atom. The second-order valence-corrected chi connectivity index (χ2v) is 4.84. The monoisotopic (exact) mass is 295 g/mol. The number of carboxylic acids is 1. The molecule has 6 nitrogen and oxygen atoms in total. The summed E-state index contributed by atoms with van der Waals surface area (Å²) in [6.45, 7) is 4.37. The maximum absolute atomic E-state index is 11.5. The first-order valence-corrected chi connectivity index (χ1v) is 6.77. The number of nitrogens with one attached hydrogen (secondary N) is 1. The van der Waals surface area contributed by atoms with E-state index in [0.717, 1.165) is 5.56 Å². The Labute approximate surface area is 123 Å². The molecule has 21 heavy (non-hydrogen) atoms. The Morgan fingerprint density at radius 2 is 2.00 bits per heavy atom. The lowest BCUT2D eigenvalue weighted by Crippen LogP contribution is -2.30. The van der Waals surface area contributed by atoms with Crippen LogP contribution in [0.15, 0.2) is 18.2 Å². The largest absolute Gasteiger partial charge is 0.493 e. The van der Waals surface area contributed by atoms with Crippen LogP contribution in [0, 0.1) is 13.8 Å². The lowest BCUT2D eigenvalue weighted by Gasteiger charge is -2.09. The average molecular weight is 295 g/mol. The molecule has 3 N–H and O–H groups in total. The molecule has 1 amide bonds. The van der Waals surface area contributed by atoms with Gasteiger partial charge in [-0.2, -0.15) is 0 Å². The molecule has 0 heterocycles. The minimum atomic E-state index is -1.45. The first-order chi connectivity index (χ1) is 9.90. The normalized spacial score (nSPS) is 11.8. The fourth-order valence-electron chi connectivity index (χ4n) is 1.63. The average Bonchev–Trinajstić information content (AvgIpc) is 2.42. The van der Waals surface area contributed by atoms with Crippen molar-refractivity contribution in [1.82, 2.24) is 5.32 Å². The highest BCUT2D eigenvalue weighted by atomic mass is 16.5. The van der Waals surface area contributed by atoms with Gasteiger partial charge in [0.05, 0.1) is 13.0 Å². The number of hydrogen-bond donors (Lipinski definition) is 3. The van der Waals surface area contributed by atoms with Gasteiger partial charge in [0.1, 0.15) is 5.75 Å². The molecule has 0 aliphatic carbocycles. The summed E-state index contributed by atoms with van der Waals surface area (Å²) >= 11 is 0. The van der Waals surface area contributed by atoms with Crippen LogP contribution in [0.3, 0.4) is 0 Å². The lowest BCUT2D eigenvalue weighted by atomic mass is 10.1. The minimum Gasteiger partial charge on any atom is -0.493 e. The Morgan fingerprint density at radius 1 is 1.29 bits per heavy atom. The van der Waals surface area contributed by atoms with Crippen LogP contribution in [0.25, 0.3) is 0 Å². The molecule has 0 fully saturated rings. The van der Waals surface area contributed by atoms with Crippen molar-refractivity contribution in [3.63, 3.8) is 0 Å². The molecular formula is C15H21NO5. The highest BCUT2D eigenvalue weighted by Gasteiger charge is 2.12. The van der Waals surface area contributed by atoms with Crippen molar-refractivity contribution in [2.24, 2.45) is 0 Å². The van der Waals surface area contributed by atoms with Gasteiger partial charge in [0.15, 0.2) is 6.10 Å². The number of amides is 1. The van der Waals surface area contributed by atoms with Gasteiger partial charge in [-0.3, -0.25) is 4.79 Å². The van der Waals surface area contributed by atoms with Gasteiger partial charge in [-0.25, -0.2) is 4.79 Å². The maximum atomic E-state index is 11.5. The molecule has 1 rings (SSSR count). The summed E-state index contributed by atoms with van der Waals surface area (Å²) in [4.78, 5) is 21.9. The fraction of sp³-hybridized carbons (Fsp3) is 0.467. The Hall–Kier alpha value is -2.08. The third kappa shape index (κ3) is 6.27. The molecule has 0 radical (unpaired) electrons. The third-order valence-corrected chi connectivity index (χ3v) is 3.10. The number of ether oxygens (including phenoxy) is 1. The second-order valence-electron chi connectivity index (χ2n) is 4.84. The standard InChI is InChI=1S/C15H21NO5/c1-10-3-4-12(9-11(10)2)21-8-6-14(18)16-7-5-13(17)15(19)20/h3-4,9,13,17H,5-8H2,1-2H3,(H,16,18)(H,19,20). The zero-order valence-corrected chi connectivity index (χ0v) is 12.3. The van der Waals surface area contributed by atoms with E-state index in [1.54, 1.807) is 0 Å². The number of aliphatic carboxylic acids is 1. The third-order valence-electron chi connectivity index (χ3n) is 3.10. The van der Waals surface area contributed by atoms with Crippen LogP contribution in [0.4, 0.5) is 0 Å². The van der Waals surface area contributed by atoms with Crippen LogP contribution in [0.1, 0.15) is 24.0 Å². The second kappa shape index (κ2) is 8.26. The number of benzene rings is 1. The van der Waals surface area contributed by atoms with E-state index >= 15 is 0 Å². The first-order valence-electron chi connectivity index (χ1n) is 6.77. The predicted molar refractivity (Wildman–Crippen MR) is 77.3 cm³/mol. The van der Waals surface area contributed by atoms with Crippen LogP contribution in [0.2, 0.25) is 0 Å². The zero-order valence-electron chi connectivity index (χ0n) is 12.3. The SMILES string of the molecule is Cc1ccc(OCCC(=O)NCCC(O)C(=O)O)cc1C. The number of carboxylic acid groups (broad SMARTS) is 1. The van der Waals surface area contributed by atoms with Gasteiger partial charge in [-0.1, -0.05) is 6.07 Å². The topological polar surface area (TPSA) is 95.9 Å². The fourth-order valence-corrected chi connectivity index (χ4v) is 1.63. The van der Waals surface area contributed by atoms with Crippen molar-refractivity contribution in [2.45, 2.75) is 32.8 Å². The number of aryl methyl sites for hydroxylation is 2. The van der Waals surface area contributed by atoms with Gasteiger partial charge < -0.3 is 20.3 Å².